The van der Waals surface area contributed by atoms with Gasteiger partial charge in [-0.3, -0.25) is 4.79 Å². The molecule has 98 valence electrons. The summed E-state index contributed by atoms with van der Waals surface area (Å²) in [6.45, 7) is 4.25. The first-order valence-corrected chi connectivity index (χ1v) is 6.33. The van der Waals surface area contributed by atoms with Gasteiger partial charge in [-0.2, -0.15) is 0 Å². The van der Waals surface area contributed by atoms with Crippen LogP contribution >= 0.6 is 0 Å². The summed E-state index contributed by atoms with van der Waals surface area (Å²) in [4.78, 5) is 13.8. The van der Waals surface area contributed by atoms with Crippen LogP contribution in [0.4, 0.5) is 0 Å². The molecule has 1 aromatic rings. The lowest BCUT2D eigenvalue weighted by atomic mass is 9.94. The Bertz CT molecular complexity index is 408. The van der Waals surface area contributed by atoms with E-state index in [0.29, 0.717) is 32.7 Å². The number of morpholine rings is 1. The monoisotopic (exact) mass is 248 g/mol. The topological polar surface area (TPSA) is 55.6 Å². The quantitative estimate of drug-likeness (QED) is 0.871. The van der Waals surface area contributed by atoms with E-state index in [1.165, 1.54) is 0 Å². The number of nitrogens with two attached hydrogens (primary N) is 1. The van der Waals surface area contributed by atoms with Crippen molar-refractivity contribution in [1.29, 1.82) is 0 Å². The number of carbonyl (C=O) groups is 1. The van der Waals surface area contributed by atoms with E-state index in [1.54, 1.807) is 0 Å². The fourth-order valence-corrected chi connectivity index (χ4v) is 2.33. The second kappa shape index (κ2) is 5.50. The van der Waals surface area contributed by atoms with Crippen molar-refractivity contribution in [1.82, 2.24) is 4.90 Å². The minimum atomic E-state index is -0.413. The van der Waals surface area contributed by atoms with E-state index >= 15 is 0 Å². The zero-order valence-electron chi connectivity index (χ0n) is 10.8. The fourth-order valence-electron chi connectivity index (χ4n) is 2.33. The van der Waals surface area contributed by atoms with E-state index in [-0.39, 0.29) is 5.91 Å². The number of rotatable bonds is 3. The smallest absolute Gasteiger partial charge is 0.224 e. The molecule has 1 saturated heterocycles. The molecule has 2 rings (SSSR count). The van der Waals surface area contributed by atoms with E-state index in [4.69, 9.17) is 10.5 Å². The van der Waals surface area contributed by atoms with Gasteiger partial charge in [0.2, 0.25) is 5.91 Å². The number of benzene rings is 1. The molecule has 0 aromatic heterocycles. The van der Waals surface area contributed by atoms with Gasteiger partial charge < -0.3 is 15.4 Å². The van der Waals surface area contributed by atoms with Gasteiger partial charge in [-0.15, -0.1) is 0 Å². The molecule has 1 amide bonds. The van der Waals surface area contributed by atoms with Gasteiger partial charge in [-0.25, -0.2) is 0 Å². The van der Waals surface area contributed by atoms with Gasteiger partial charge >= 0.3 is 0 Å². The van der Waals surface area contributed by atoms with E-state index < -0.39 is 5.60 Å². The van der Waals surface area contributed by atoms with Crippen molar-refractivity contribution in [2.75, 3.05) is 26.2 Å². The Hall–Kier alpha value is -1.39. The summed E-state index contributed by atoms with van der Waals surface area (Å²) in [6, 6.07) is 10.0. The van der Waals surface area contributed by atoms with Gasteiger partial charge in [0.15, 0.2) is 0 Å². The summed E-state index contributed by atoms with van der Waals surface area (Å²) < 4.78 is 5.88. The summed E-state index contributed by atoms with van der Waals surface area (Å²) in [7, 11) is 0. The lowest BCUT2D eigenvalue weighted by molar-refractivity contribution is -0.149. The molecule has 18 heavy (non-hydrogen) atoms. The number of nitrogens with zero attached hydrogens (tertiary/aromatic N) is 1. The molecule has 0 saturated carbocycles. The Kier molecular flexibility index (Phi) is 3.99. The summed E-state index contributed by atoms with van der Waals surface area (Å²) in [5.41, 5.74) is 6.13. The molecular weight excluding hydrogens is 228 g/mol. The van der Waals surface area contributed by atoms with Gasteiger partial charge in [0.1, 0.15) is 5.60 Å². The second-order valence-electron chi connectivity index (χ2n) is 4.80. The molecule has 1 aromatic carbocycles. The molecule has 1 fully saturated rings. The molecule has 0 unspecified atom stereocenters. The third kappa shape index (κ3) is 2.71. The third-order valence-corrected chi connectivity index (χ3v) is 3.37. The minimum Gasteiger partial charge on any atom is -0.367 e. The van der Waals surface area contributed by atoms with E-state index in [0.717, 1.165) is 5.56 Å². The Labute approximate surface area is 108 Å². The average Bonchev–Trinajstić information content (AvgIpc) is 2.40. The zero-order chi connectivity index (χ0) is 13.0. The van der Waals surface area contributed by atoms with Crippen molar-refractivity contribution in [2.45, 2.75) is 18.9 Å². The molecule has 4 heteroatoms. The van der Waals surface area contributed by atoms with Crippen LogP contribution in [0.1, 0.15) is 18.9 Å². The molecule has 0 bridgehead atoms. The number of amides is 1. The number of hydrogen-bond donors (Lipinski definition) is 1. The second-order valence-corrected chi connectivity index (χ2v) is 4.80. The highest BCUT2D eigenvalue weighted by Gasteiger charge is 2.35. The molecular formula is C14H20N2O2. The predicted molar refractivity (Wildman–Crippen MR) is 70.0 cm³/mol. The highest BCUT2D eigenvalue weighted by molar-refractivity contribution is 5.76. The molecule has 2 N–H and O–H groups in total. The average molecular weight is 248 g/mol. The van der Waals surface area contributed by atoms with Crippen LogP contribution in [0.25, 0.3) is 0 Å². The molecule has 1 heterocycles. The largest absolute Gasteiger partial charge is 0.367 e. The maximum Gasteiger partial charge on any atom is 0.224 e. The van der Waals surface area contributed by atoms with E-state index in [2.05, 4.69) is 0 Å². The standard InChI is InChI=1S/C14H20N2O2/c1-14(12-5-3-2-4-6-12)11-16(9-10-18-14)13(17)7-8-15/h2-6H,7-11,15H2,1H3/t14-/m1/s1. The van der Waals surface area contributed by atoms with Gasteiger partial charge in [0, 0.05) is 19.5 Å². The van der Waals surface area contributed by atoms with Crippen molar-refractivity contribution < 1.29 is 9.53 Å². The van der Waals surface area contributed by atoms with Gasteiger partial charge in [-0.05, 0) is 12.5 Å². The van der Waals surface area contributed by atoms with Crippen molar-refractivity contribution in [2.24, 2.45) is 5.73 Å². The van der Waals surface area contributed by atoms with Crippen molar-refractivity contribution >= 4 is 5.91 Å². The van der Waals surface area contributed by atoms with Crippen LogP contribution in [0.3, 0.4) is 0 Å². The lowest BCUT2D eigenvalue weighted by Gasteiger charge is -2.41. The minimum absolute atomic E-state index is 0.114. The van der Waals surface area contributed by atoms with Crippen molar-refractivity contribution in [3.63, 3.8) is 0 Å². The molecule has 4 nitrogen and oxygen atoms in total. The fraction of sp³-hybridized carbons (Fsp3) is 0.500. The highest BCUT2D eigenvalue weighted by atomic mass is 16.5. The normalized spacial score (nSPS) is 24.0. The Morgan fingerprint density at radius 2 is 2.17 bits per heavy atom. The predicted octanol–water partition coefficient (Wildman–Crippen LogP) is 1.11. The van der Waals surface area contributed by atoms with Gasteiger partial charge in [0.25, 0.3) is 0 Å². The summed E-state index contributed by atoms with van der Waals surface area (Å²) in [5, 5.41) is 0. The maximum absolute atomic E-state index is 11.9. The van der Waals surface area contributed by atoms with Crippen LogP contribution in [-0.4, -0.2) is 37.0 Å². The van der Waals surface area contributed by atoms with Crippen molar-refractivity contribution in [3.8, 4) is 0 Å². The molecule has 0 aliphatic carbocycles. The summed E-state index contributed by atoms with van der Waals surface area (Å²) in [5.74, 6) is 0.114. The third-order valence-electron chi connectivity index (χ3n) is 3.37. The molecule has 0 radical (unpaired) electrons. The molecule has 1 aliphatic rings. The first kappa shape index (κ1) is 13.1. The molecule has 1 aliphatic heterocycles. The van der Waals surface area contributed by atoms with Crippen LogP contribution < -0.4 is 5.73 Å². The Balaban J connectivity index is 2.12. The highest BCUT2D eigenvalue weighted by Crippen LogP contribution is 2.29. The van der Waals surface area contributed by atoms with Crippen LogP contribution in [0.5, 0.6) is 0 Å². The Morgan fingerprint density at radius 3 is 2.83 bits per heavy atom. The molecule has 1 atom stereocenters. The first-order chi connectivity index (χ1) is 8.65. The number of carbonyl (C=O) groups excluding carboxylic acids is 1. The number of hydrogen-bond acceptors (Lipinski definition) is 3. The SMILES string of the molecule is C[C@]1(c2ccccc2)CN(C(=O)CCN)CCO1. The van der Waals surface area contributed by atoms with Crippen LogP contribution in [0.15, 0.2) is 30.3 Å². The summed E-state index contributed by atoms with van der Waals surface area (Å²) >= 11 is 0. The van der Waals surface area contributed by atoms with E-state index in [9.17, 15) is 4.79 Å². The van der Waals surface area contributed by atoms with Crippen LogP contribution in [0, 0.1) is 0 Å². The van der Waals surface area contributed by atoms with Crippen molar-refractivity contribution in [3.05, 3.63) is 35.9 Å². The molecule has 0 spiro atoms. The van der Waals surface area contributed by atoms with Crippen LogP contribution in [0.2, 0.25) is 0 Å². The van der Waals surface area contributed by atoms with E-state index in [1.807, 2.05) is 42.2 Å². The van der Waals surface area contributed by atoms with Gasteiger partial charge in [-0.1, -0.05) is 30.3 Å². The summed E-state index contributed by atoms with van der Waals surface area (Å²) in [6.07, 6.45) is 0.408. The maximum atomic E-state index is 11.9. The Morgan fingerprint density at radius 1 is 1.44 bits per heavy atom. The zero-order valence-corrected chi connectivity index (χ0v) is 10.8. The number of ether oxygens (including phenoxy) is 1. The first-order valence-electron chi connectivity index (χ1n) is 6.33. The lowest BCUT2D eigenvalue weighted by Crippen LogP contribution is -2.50. The van der Waals surface area contributed by atoms with Gasteiger partial charge in [0.05, 0.1) is 13.2 Å². The van der Waals surface area contributed by atoms with Crippen LogP contribution in [-0.2, 0) is 15.1 Å².